The van der Waals surface area contributed by atoms with Gasteiger partial charge in [-0.25, -0.2) is 0 Å². The zero-order valence-corrected chi connectivity index (χ0v) is 16.7. The molecule has 0 heterocycles. The molecule has 0 radical (unpaired) electrons. The van der Waals surface area contributed by atoms with Crippen LogP contribution in [0.25, 0.3) is 0 Å². The van der Waals surface area contributed by atoms with Crippen LogP contribution in [0.5, 0.6) is 0 Å². The number of ketones is 2. The molecule has 1 aliphatic carbocycles. The molecule has 3 N–H and O–H groups in total. The Kier molecular flexibility index (Phi) is 7.54. The summed E-state index contributed by atoms with van der Waals surface area (Å²) in [7, 11) is 0. The fourth-order valence-electron chi connectivity index (χ4n) is 3.16. The van der Waals surface area contributed by atoms with E-state index in [1.807, 2.05) is 41.5 Å². The molecule has 5 heteroatoms. The largest absolute Gasteiger partial charge is 0.508 e. The van der Waals surface area contributed by atoms with Gasteiger partial charge in [0.2, 0.25) is 0 Å². The number of carbonyl (C=O) groups is 2. The predicted molar refractivity (Wildman–Crippen MR) is 102 cm³/mol. The van der Waals surface area contributed by atoms with E-state index >= 15 is 0 Å². The van der Waals surface area contributed by atoms with Crippen LogP contribution in [0.15, 0.2) is 34.6 Å². The Bertz CT molecular complexity index is 645. The second-order valence-corrected chi connectivity index (χ2v) is 8.04. The van der Waals surface area contributed by atoms with Gasteiger partial charge in [0.05, 0.1) is 12.0 Å². The lowest BCUT2D eigenvalue weighted by molar-refractivity contribution is -0.134. The maximum Gasteiger partial charge on any atom is 0.176 e. The summed E-state index contributed by atoms with van der Waals surface area (Å²) >= 11 is 0. The Labute approximate surface area is 156 Å². The highest BCUT2D eigenvalue weighted by molar-refractivity contribution is 6.23. The summed E-state index contributed by atoms with van der Waals surface area (Å²) in [5, 5.41) is 32.4. The highest BCUT2D eigenvalue weighted by Crippen LogP contribution is 2.43. The van der Waals surface area contributed by atoms with Crippen molar-refractivity contribution < 1.29 is 24.9 Å². The van der Waals surface area contributed by atoms with E-state index < -0.39 is 34.9 Å². The van der Waals surface area contributed by atoms with Gasteiger partial charge >= 0.3 is 0 Å². The Hall–Kier alpha value is -1.72. The van der Waals surface area contributed by atoms with Gasteiger partial charge in [-0.3, -0.25) is 9.59 Å². The molecule has 1 unspecified atom stereocenters. The van der Waals surface area contributed by atoms with E-state index in [1.165, 1.54) is 0 Å². The molecule has 1 rings (SSSR count). The first-order valence-corrected chi connectivity index (χ1v) is 9.11. The molecular formula is C21H32O5. The molecule has 146 valence electrons. The van der Waals surface area contributed by atoms with Crippen molar-refractivity contribution in [2.24, 2.45) is 11.8 Å². The predicted octanol–water partition coefficient (Wildman–Crippen LogP) is 3.42. The molecule has 0 bridgehead atoms. The van der Waals surface area contributed by atoms with Gasteiger partial charge in [-0.15, -0.1) is 0 Å². The maximum absolute atomic E-state index is 12.9. The summed E-state index contributed by atoms with van der Waals surface area (Å²) in [6.07, 6.45) is 2.43. The molecule has 0 aromatic carbocycles. The summed E-state index contributed by atoms with van der Waals surface area (Å²) in [6, 6.07) is 0. The molecule has 1 aliphatic rings. The third-order valence-electron chi connectivity index (χ3n) is 4.60. The molecule has 0 spiro atoms. The quantitative estimate of drug-likeness (QED) is 0.453. The third-order valence-corrected chi connectivity index (χ3v) is 4.60. The molecule has 0 aliphatic heterocycles. The van der Waals surface area contributed by atoms with Crippen molar-refractivity contribution in [3.8, 4) is 0 Å². The minimum Gasteiger partial charge on any atom is -0.508 e. The van der Waals surface area contributed by atoms with Gasteiger partial charge in [-0.05, 0) is 46.5 Å². The van der Waals surface area contributed by atoms with Crippen LogP contribution < -0.4 is 0 Å². The average Bonchev–Trinajstić information content (AvgIpc) is 2.69. The lowest BCUT2D eigenvalue weighted by Crippen LogP contribution is -2.49. The standard InChI is InChI=1S/C21H32O5/c1-12(2)7-9-15-19(24)18(16(22)11-14(5)6)20(25)21(15,26)17(23)10-8-13(3)4/h7-8,14-15,17,23,25-26H,9-11H2,1-6H3/t15-,17?,21+/m1/s1. The molecule has 3 atom stereocenters. The number of hydrogen-bond acceptors (Lipinski definition) is 5. The van der Waals surface area contributed by atoms with Gasteiger partial charge < -0.3 is 15.3 Å². The van der Waals surface area contributed by atoms with Crippen LogP contribution in [0.3, 0.4) is 0 Å². The second-order valence-electron chi connectivity index (χ2n) is 8.04. The van der Waals surface area contributed by atoms with Crippen molar-refractivity contribution in [2.45, 2.75) is 72.5 Å². The fourth-order valence-corrected chi connectivity index (χ4v) is 3.16. The summed E-state index contributed by atoms with van der Waals surface area (Å²) in [4.78, 5) is 25.3. The lowest BCUT2D eigenvalue weighted by atomic mass is 9.80. The van der Waals surface area contributed by atoms with Crippen LogP contribution in [-0.4, -0.2) is 38.6 Å². The number of Topliss-reactive ketones (excluding diaryl/α,β-unsaturated/α-hetero) is 2. The number of allylic oxidation sites excluding steroid dienone is 4. The zero-order chi connectivity index (χ0) is 20.2. The Balaban J connectivity index is 3.38. The third kappa shape index (κ3) is 4.71. The van der Waals surface area contributed by atoms with E-state index in [4.69, 9.17) is 0 Å². The number of aliphatic hydroxyl groups is 3. The van der Waals surface area contributed by atoms with Gasteiger partial charge in [0.25, 0.3) is 0 Å². The number of rotatable bonds is 8. The highest BCUT2D eigenvalue weighted by atomic mass is 16.4. The molecule has 0 fully saturated rings. The van der Waals surface area contributed by atoms with Gasteiger partial charge in [0.15, 0.2) is 17.2 Å². The average molecular weight is 364 g/mol. The normalized spacial score (nSPS) is 24.0. The topological polar surface area (TPSA) is 94.8 Å². The highest BCUT2D eigenvalue weighted by Gasteiger charge is 2.58. The van der Waals surface area contributed by atoms with Gasteiger partial charge in [0.1, 0.15) is 11.3 Å². The maximum atomic E-state index is 12.9. The van der Waals surface area contributed by atoms with Crippen molar-refractivity contribution in [2.75, 3.05) is 0 Å². The van der Waals surface area contributed by atoms with Gasteiger partial charge in [-0.2, -0.15) is 0 Å². The fraction of sp³-hybridized carbons (Fsp3) is 0.619. The molecule has 0 aromatic heterocycles. The van der Waals surface area contributed by atoms with E-state index in [1.54, 1.807) is 12.2 Å². The molecule has 0 saturated carbocycles. The van der Waals surface area contributed by atoms with Crippen LogP contribution in [0.4, 0.5) is 0 Å². The van der Waals surface area contributed by atoms with Crippen molar-refractivity contribution in [3.05, 3.63) is 34.6 Å². The molecule has 26 heavy (non-hydrogen) atoms. The van der Waals surface area contributed by atoms with Crippen molar-refractivity contribution >= 4 is 11.6 Å². The van der Waals surface area contributed by atoms with Gasteiger partial charge in [0, 0.05) is 6.42 Å². The van der Waals surface area contributed by atoms with Crippen LogP contribution >= 0.6 is 0 Å². The molecule has 0 saturated heterocycles. The number of hydrogen-bond donors (Lipinski definition) is 3. The van der Waals surface area contributed by atoms with Crippen LogP contribution in [-0.2, 0) is 9.59 Å². The monoisotopic (exact) mass is 364 g/mol. The first-order chi connectivity index (χ1) is 11.9. The van der Waals surface area contributed by atoms with Crippen LogP contribution in [0, 0.1) is 11.8 Å². The summed E-state index contributed by atoms with van der Waals surface area (Å²) < 4.78 is 0. The van der Waals surface area contributed by atoms with E-state index in [9.17, 15) is 24.9 Å². The minimum absolute atomic E-state index is 0.0103. The Morgan fingerprint density at radius 3 is 2.15 bits per heavy atom. The summed E-state index contributed by atoms with van der Waals surface area (Å²) in [6.45, 7) is 11.1. The number of aliphatic hydroxyl groups excluding tert-OH is 2. The van der Waals surface area contributed by atoms with E-state index in [0.29, 0.717) is 0 Å². The van der Waals surface area contributed by atoms with Crippen molar-refractivity contribution in [1.82, 2.24) is 0 Å². The SMILES string of the molecule is CC(C)=CCC(O)[C@]1(O)C(O)=C(C(=O)CC(C)C)C(=O)[C@H]1CC=C(C)C. The molecular weight excluding hydrogens is 332 g/mol. The Morgan fingerprint density at radius 2 is 1.69 bits per heavy atom. The molecule has 0 amide bonds. The van der Waals surface area contributed by atoms with Crippen LogP contribution in [0.2, 0.25) is 0 Å². The van der Waals surface area contributed by atoms with Crippen LogP contribution in [0.1, 0.15) is 60.8 Å². The minimum atomic E-state index is -2.16. The summed E-state index contributed by atoms with van der Waals surface area (Å²) in [5.41, 5.74) is -0.626. The van der Waals surface area contributed by atoms with Gasteiger partial charge in [-0.1, -0.05) is 37.1 Å². The zero-order valence-electron chi connectivity index (χ0n) is 16.7. The lowest BCUT2D eigenvalue weighted by Gasteiger charge is -2.33. The molecule has 0 aromatic rings. The first-order valence-electron chi connectivity index (χ1n) is 9.11. The summed E-state index contributed by atoms with van der Waals surface area (Å²) in [5.74, 6) is -2.84. The van der Waals surface area contributed by atoms with E-state index in [-0.39, 0.29) is 30.8 Å². The smallest absolute Gasteiger partial charge is 0.176 e. The molecule has 5 nitrogen and oxygen atoms in total. The second kappa shape index (κ2) is 8.78. The van der Waals surface area contributed by atoms with Crippen molar-refractivity contribution in [3.63, 3.8) is 0 Å². The first kappa shape index (κ1) is 22.3. The Morgan fingerprint density at radius 1 is 1.15 bits per heavy atom. The van der Waals surface area contributed by atoms with E-state index in [0.717, 1.165) is 11.1 Å². The van der Waals surface area contributed by atoms with E-state index in [2.05, 4.69) is 0 Å². The number of carbonyl (C=O) groups excluding carboxylic acids is 2. The van der Waals surface area contributed by atoms with Crippen molar-refractivity contribution in [1.29, 1.82) is 0 Å².